The molecule has 2 aliphatic carbocycles. The molecule has 460 valence electrons. The van der Waals surface area contributed by atoms with Crippen LogP contribution in [0.2, 0.25) is 10.0 Å². The molecule has 2 amide bonds. The highest BCUT2D eigenvalue weighted by Crippen LogP contribution is 2.45. The van der Waals surface area contributed by atoms with Gasteiger partial charge >= 0.3 is 22.5 Å². The van der Waals surface area contributed by atoms with Gasteiger partial charge in [-0.3, -0.25) is 23.6 Å². The SMILES string of the molecule is Cc1sc(C(=O)c2cncnc2N[C@@H]2C[C@H](CO)[C@@H](C)C2)cc1[C@H]1c2cc(Cl)ccc2CCN1C(=O)OC(C)(C)C.Cc1sc(C(=O)c2cncnc2N[C@@H]2C[C@H](COS(N)(=O)=O)[C@@H](C)C2)cc1[C@H]1c2cc(Cl)ccc2CCN1C(=O)OC(C)(C)C. The summed E-state index contributed by atoms with van der Waals surface area (Å²) in [5, 5.41) is 22.7. The van der Waals surface area contributed by atoms with Crippen molar-refractivity contribution in [1.82, 2.24) is 29.7 Å². The number of amides is 2. The summed E-state index contributed by atoms with van der Waals surface area (Å²) in [6.45, 7) is 20.2. The zero-order valence-electron chi connectivity index (χ0n) is 50.0. The van der Waals surface area contributed by atoms with Crippen LogP contribution in [-0.4, -0.2) is 117 Å². The van der Waals surface area contributed by atoms with E-state index in [2.05, 4.69) is 37.5 Å². The number of nitrogens with one attached hydrogen (secondary N) is 2. The van der Waals surface area contributed by atoms with E-state index in [1.165, 1.54) is 41.5 Å². The number of aliphatic hydroxyl groups excluding tert-OH is 1. The fourth-order valence-electron chi connectivity index (χ4n) is 12.1. The first kappa shape index (κ1) is 64.4. The lowest BCUT2D eigenvalue weighted by Crippen LogP contribution is -2.43. The molecule has 10 rings (SSSR count). The highest BCUT2D eigenvalue weighted by atomic mass is 35.5. The predicted molar refractivity (Wildman–Crippen MR) is 334 cm³/mol. The molecular formula is C62H75Cl2N9O10S3. The fraction of sp³-hybridized carbons (Fsp3) is 0.484. The number of carbonyl (C=O) groups is 4. The second kappa shape index (κ2) is 26.3. The summed E-state index contributed by atoms with van der Waals surface area (Å²) in [5.74, 6) is 1.25. The molecule has 0 bridgehead atoms. The van der Waals surface area contributed by atoms with Gasteiger partial charge in [0.1, 0.15) is 35.5 Å². The van der Waals surface area contributed by atoms with Gasteiger partial charge in [-0.1, -0.05) is 49.2 Å². The van der Waals surface area contributed by atoms with E-state index >= 15 is 0 Å². The number of nitrogens with two attached hydrogens (primary N) is 1. The number of hydrogen-bond acceptors (Lipinski definition) is 18. The number of aromatic nitrogens is 4. The van der Waals surface area contributed by atoms with Crippen LogP contribution in [-0.2, 0) is 36.8 Å². The van der Waals surface area contributed by atoms with Gasteiger partial charge in [-0.2, -0.15) is 8.42 Å². The van der Waals surface area contributed by atoms with Gasteiger partial charge in [0.15, 0.2) is 0 Å². The van der Waals surface area contributed by atoms with Gasteiger partial charge < -0.3 is 25.2 Å². The van der Waals surface area contributed by atoms with Crippen molar-refractivity contribution in [2.75, 3.05) is 36.9 Å². The van der Waals surface area contributed by atoms with Crippen LogP contribution in [0.5, 0.6) is 0 Å². The van der Waals surface area contributed by atoms with E-state index in [-0.39, 0.29) is 54.6 Å². The van der Waals surface area contributed by atoms with Gasteiger partial charge in [0, 0.05) is 64.0 Å². The lowest BCUT2D eigenvalue weighted by atomic mass is 9.88. The second-order valence-electron chi connectivity index (χ2n) is 24.9. The maximum atomic E-state index is 14.0. The number of ether oxygens (including phenoxy) is 2. The van der Waals surface area contributed by atoms with E-state index in [1.807, 2.05) is 111 Å². The largest absolute Gasteiger partial charge is 0.444 e. The van der Waals surface area contributed by atoms with Crippen molar-refractivity contribution in [2.45, 2.75) is 143 Å². The lowest BCUT2D eigenvalue weighted by molar-refractivity contribution is 0.0168. The molecule has 4 aliphatic rings. The molecule has 24 heteroatoms. The molecule has 8 atom stereocenters. The second-order valence-corrected chi connectivity index (χ2v) is 29.5. The van der Waals surface area contributed by atoms with E-state index in [0.29, 0.717) is 80.8 Å². The van der Waals surface area contributed by atoms with Crippen molar-refractivity contribution < 1.29 is 46.4 Å². The average molecular weight is 1270 g/mol. The molecule has 0 unspecified atom stereocenters. The minimum atomic E-state index is -4.02. The Labute approximate surface area is 521 Å². The Kier molecular flexibility index (Phi) is 19.7. The zero-order chi connectivity index (χ0) is 62.2. The minimum absolute atomic E-state index is 0.000805. The van der Waals surface area contributed by atoms with Gasteiger partial charge in [-0.25, -0.2) is 34.7 Å². The van der Waals surface area contributed by atoms with Gasteiger partial charge in [0.05, 0.1) is 39.6 Å². The Bertz CT molecular complexity index is 3620. The Balaban J connectivity index is 0.000000206. The maximum absolute atomic E-state index is 14.0. The third kappa shape index (κ3) is 15.2. The lowest BCUT2D eigenvalue weighted by Gasteiger charge is -2.38. The first-order valence-electron chi connectivity index (χ1n) is 28.8. The number of aryl methyl sites for hydroxylation is 2. The number of hydrogen-bond donors (Lipinski definition) is 4. The molecular weight excluding hydrogens is 1200 g/mol. The number of aliphatic hydroxyl groups is 1. The molecule has 2 aromatic carbocycles. The van der Waals surface area contributed by atoms with Crippen molar-refractivity contribution in [3.05, 3.63) is 148 Å². The first-order chi connectivity index (χ1) is 40.5. The van der Waals surface area contributed by atoms with Crippen LogP contribution >= 0.6 is 45.9 Å². The molecule has 86 heavy (non-hydrogen) atoms. The summed E-state index contributed by atoms with van der Waals surface area (Å²) in [7, 11) is -4.02. The molecule has 0 saturated heterocycles. The van der Waals surface area contributed by atoms with E-state index < -0.39 is 45.8 Å². The van der Waals surface area contributed by atoms with Gasteiger partial charge in [0.2, 0.25) is 11.6 Å². The van der Waals surface area contributed by atoms with E-state index in [4.69, 9.17) is 42.0 Å². The van der Waals surface area contributed by atoms with Crippen molar-refractivity contribution in [3.8, 4) is 0 Å². The summed E-state index contributed by atoms with van der Waals surface area (Å²) < 4.78 is 39.0. The molecule has 6 aromatic rings. The van der Waals surface area contributed by atoms with Crippen LogP contribution in [0, 0.1) is 37.5 Å². The summed E-state index contributed by atoms with van der Waals surface area (Å²) in [4.78, 5) is 78.1. The molecule has 2 fully saturated rings. The number of carbonyl (C=O) groups excluding carboxylic acids is 4. The van der Waals surface area contributed by atoms with Crippen LogP contribution in [0.3, 0.4) is 0 Å². The maximum Gasteiger partial charge on any atom is 0.411 e. The van der Waals surface area contributed by atoms with Crippen LogP contribution in [0.15, 0.2) is 73.6 Å². The summed E-state index contributed by atoms with van der Waals surface area (Å²) in [6, 6.07) is 14.4. The number of thiophene rings is 2. The Morgan fingerprint density at radius 2 is 1.08 bits per heavy atom. The number of rotatable bonds is 14. The number of halogens is 2. The highest BCUT2D eigenvalue weighted by Gasteiger charge is 2.40. The van der Waals surface area contributed by atoms with Crippen LogP contribution in [0.1, 0.15) is 167 Å². The topological polar surface area (TPSA) is 258 Å². The minimum Gasteiger partial charge on any atom is -0.444 e. The molecule has 19 nitrogen and oxygen atoms in total. The molecule has 4 aromatic heterocycles. The number of ketones is 2. The number of benzene rings is 2. The third-order valence-corrected chi connectivity index (χ3v) is 19.3. The number of anilines is 2. The summed E-state index contributed by atoms with van der Waals surface area (Å²) in [5.41, 5.74) is 5.14. The number of nitrogens with zero attached hydrogens (tertiary/aromatic N) is 6. The molecule has 6 heterocycles. The average Bonchev–Trinajstić information content (AvgIpc) is 1.64. The Morgan fingerprint density at radius 1 is 0.663 bits per heavy atom. The normalized spacial score (nSPS) is 22.1. The summed E-state index contributed by atoms with van der Waals surface area (Å²) >= 11 is 15.6. The van der Waals surface area contributed by atoms with Crippen molar-refractivity contribution in [2.24, 2.45) is 28.8 Å². The number of fused-ring (bicyclic) bond motifs is 2. The Hall–Kier alpha value is -6.11. The monoisotopic (exact) mass is 1270 g/mol. The van der Waals surface area contributed by atoms with Crippen molar-refractivity contribution in [1.29, 1.82) is 0 Å². The standard InChI is InChI=1S/C31H38ClN5O6S2.C31H37ClN4O4S/c1-17-10-22(11-20(17)15-42-45(33,40)41)36-29-25(14-34-16-35-29)28(38)26-13-23(18(2)44-26)27-24-12-21(32)7-6-19(24)8-9-37(27)30(39)43-31(3,4)5;1-17-10-22(11-20(17)15-37)35-29-25(14-33-16-34-29)28(38)26-13-23(18(2)41-26)27-24-12-21(32)7-6-19(24)8-9-36(27)30(39)40-31(3,4)5/h6-7,12-14,16-17,20,22,27H,8-11,15H2,1-5H3,(H2,33,40,41)(H,34,35,36);6-7,12-14,16-17,20,22,27,37H,8-11,15H2,1-5H3,(H,33,34,35)/t2*17-,20+,22-,27-/m00/s1. The van der Waals surface area contributed by atoms with Gasteiger partial charge in [0.25, 0.3) is 0 Å². The van der Waals surface area contributed by atoms with Crippen LogP contribution < -0.4 is 15.8 Å². The zero-order valence-corrected chi connectivity index (χ0v) is 53.9. The first-order valence-corrected chi connectivity index (χ1v) is 32.7. The quantitative estimate of drug-likeness (QED) is 0.0739. The van der Waals surface area contributed by atoms with E-state index in [9.17, 15) is 32.7 Å². The Morgan fingerprint density at radius 3 is 1.48 bits per heavy atom. The molecule has 2 aliphatic heterocycles. The van der Waals surface area contributed by atoms with E-state index in [1.54, 1.807) is 16.0 Å². The van der Waals surface area contributed by atoms with Gasteiger partial charge in [-0.15, -0.1) is 22.7 Å². The summed E-state index contributed by atoms with van der Waals surface area (Å²) in [6.07, 6.45) is 9.46. The molecule has 2 saturated carbocycles. The van der Waals surface area contributed by atoms with Crippen LogP contribution in [0.25, 0.3) is 0 Å². The predicted octanol–water partition coefficient (Wildman–Crippen LogP) is 12.1. The van der Waals surface area contributed by atoms with Gasteiger partial charge in [-0.05, 0) is 187 Å². The van der Waals surface area contributed by atoms with Crippen molar-refractivity contribution in [3.63, 3.8) is 0 Å². The van der Waals surface area contributed by atoms with Crippen LogP contribution in [0.4, 0.5) is 21.2 Å². The van der Waals surface area contributed by atoms with Crippen molar-refractivity contribution >= 4 is 91.6 Å². The third-order valence-electron chi connectivity index (χ3n) is 16.3. The fourth-order valence-corrected chi connectivity index (χ4v) is 14.8. The molecule has 0 spiro atoms. The molecule has 5 N–H and O–H groups in total. The highest BCUT2D eigenvalue weighted by molar-refractivity contribution is 7.84. The van der Waals surface area contributed by atoms with E-state index in [0.717, 1.165) is 62.4 Å². The smallest absolute Gasteiger partial charge is 0.411 e. The molecule has 0 radical (unpaired) electrons.